The van der Waals surface area contributed by atoms with E-state index in [1.165, 1.54) is 24.3 Å². The molecule has 0 aliphatic rings. The van der Waals surface area contributed by atoms with Crippen LogP contribution in [0.1, 0.15) is 16.5 Å². The Balaban J connectivity index is 1.92. The molecule has 0 heterocycles. The molecule has 9 heteroatoms. The zero-order valence-electron chi connectivity index (χ0n) is 15.4. The second-order valence-corrected chi connectivity index (χ2v) is 8.72. The van der Waals surface area contributed by atoms with Gasteiger partial charge in [-0.2, -0.15) is 0 Å². The van der Waals surface area contributed by atoms with Crippen molar-refractivity contribution in [3.05, 3.63) is 101 Å². The van der Waals surface area contributed by atoms with Crippen LogP contribution in [-0.4, -0.2) is 14.5 Å². The third kappa shape index (κ3) is 5.14. The molecule has 0 spiro atoms. The molecule has 1 N–H and O–H groups in total. The van der Waals surface area contributed by atoms with Gasteiger partial charge < -0.3 is 10.1 Å². The maximum absolute atomic E-state index is 14.4. The van der Waals surface area contributed by atoms with Crippen molar-refractivity contribution in [1.29, 1.82) is 0 Å². The third-order valence-electron chi connectivity index (χ3n) is 4.15. The molecule has 156 valence electrons. The van der Waals surface area contributed by atoms with Crippen LogP contribution in [0.25, 0.3) is 0 Å². The Morgan fingerprint density at radius 3 is 2.33 bits per heavy atom. The lowest BCUT2D eigenvalue weighted by molar-refractivity contribution is 0.138. The highest BCUT2D eigenvalue weighted by Gasteiger charge is 2.33. The molecule has 3 aromatic carbocycles. The van der Waals surface area contributed by atoms with Crippen molar-refractivity contribution in [2.45, 2.75) is 16.9 Å². The molecule has 1 unspecified atom stereocenters. The zero-order chi connectivity index (χ0) is 21.7. The van der Waals surface area contributed by atoms with Gasteiger partial charge in [0.25, 0.3) is 0 Å². The van der Waals surface area contributed by atoms with Crippen LogP contribution in [-0.2, 0) is 21.2 Å². The number of amides is 1. The molecule has 5 nitrogen and oxygen atoms in total. The number of nitrogens with one attached hydrogen (secondary N) is 1. The number of benzene rings is 3. The van der Waals surface area contributed by atoms with Gasteiger partial charge in [0.05, 0.1) is 4.90 Å². The largest absolute Gasteiger partial charge is 0.445 e. The quantitative estimate of drug-likeness (QED) is 0.571. The number of hydrogen-bond donors (Lipinski definition) is 1. The maximum atomic E-state index is 14.4. The molecule has 0 radical (unpaired) electrons. The molecule has 0 saturated heterocycles. The Kier molecular flexibility index (Phi) is 6.69. The SMILES string of the molecule is O=C(NC(c1cc(F)ccc1F)S(=O)(=O)c1ccc(Cl)cc1)OCc1ccccc1. The summed E-state index contributed by atoms with van der Waals surface area (Å²) in [5, 5.41) is 0.507. The van der Waals surface area contributed by atoms with Crippen molar-refractivity contribution in [3.8, 4) is 0 Å². The van der Waals surface area contributed by atoms with Crippen molar-refractivity contribution < 1.29 is 26.7 Å². The summed E-state index contributed by atoms with van der Waals surface area (Å²) < 4.78 is 59.4. The lowest BCUT2D eigenvalue weighted by Gasteiger charge is -2.20. The standard InChI is InChI=1S/C21H16ClF2NO4S/c22-15-6-9-17(10-7-15)30(27,28)20(18-12-16(23)8-11-19(18)24)25-21(26)29-13-14-4-2-1-3-5-14/h1-12,20H,13H2,(H,25,26). The lowest BCUT2D eigenvalue weighted by Crippen LogP contribution is -2.35. The molecule has 0 saturated carbocycles. The number of carbonyl (C=O) groups excluding carboxylic acids is 1. The minimum atomic E-state index is -4.37. The Hall–Kier alpha value is -2.97. The summed E-state index contributed by atoms with van der Waals surface area (Å²) >= 11 is 5.79. The van der Waals surface area contributed by atoms with Crippen molar-refractivity contribution in [3.63, 3.8) is 0 Å². The van der Waals surface area contributed by atoms with Crippen LogP contribution >= 0.6 is 11.6 Å². The average molecular weight is 452 g/mol. The summed E-state index contributed by atoms with van der Waals surface area (Å²) in [5.41, 5.74) is 0.114. The van der Waals surface area contributed by atoms with Crippen LogP contribution in [0, 0.1) is 11.6 Å². The number of sulfone groups is 1. The molecule has 1 amide bonds. The molecule has 3 rings (SSSR count). The highest BCUT2D eigenvalue weighted by atomic mass is 35.5. The van der Waals surface area contributed by atoms with E-state index in [-0.39, 0.29) is 16.5 Å². The summed E-state index contributed by atoms with van der Waals surface area (Å²) in [6, 6.07) is 16.1. The van der Waals surface area contributed by atoms with Crippen LogP contribution in [0.5, 0.6) is 0 Å². The first-order valence-electron chi connectivity index (χ1n) is 8.69. The number of alkyl carbamates (subject to hydrolysis) is 1. The van der Waals surface area contributed by atoms with E-state index in [1.54, 1.807) is 30.3 Å². The normalized spacial score (nSPS) is 12.2. The van der Waals surface area contributed by atoms with E-state index in [0.29, 0.717) is 11.6 Å². The molecular weight excluding hydrogens is 436 g/mol. The van der Waals surface area contributed by atoms with Crippen molar-refractivity contribution in [1.82, 2.24) is 5.32 Å². The summed E-state index contributed by atoms with van der Waals surface area (Å²) in [6.45, 7) is -0.133. The summed E-state index contributed by atoms with van der Waals surface area (Å²) in [7, 11) is -4.37. The van der Waals surface area contributed by atoms with Gasteiger partial charge in [0.1, 0.15) is 18.2 Å². The van der Waals surface area contributed by atoms with Gasteiger partial charge in [-0.25, -0.2) is 22.0 Å². The van der Waals surface area contributed by atoms with E-state index < -0.39 is 38.5 Å². The maximum Gasteiger partial charge on any atom is 0.408 e. The van der Waals surface area contributed by atoms with Gasteiger partial charge in [0.2, 0.25) is 9.84 Å². The van der Waals surface area contributed by atoms with Crippen LogP contribution < -0.4 is 5.32 Å². The topological polar surface area (TPSA) is 72.5 Å². The smallest absolute Gasteiger partial charge is 0.408 e. The molecule has 3 aromatic rings. The number of hydrogen-bond acceptors (Lipinski definition) is 4. The average Bonchev–Trinajstić information content (AvgIpc) is 2.73. The Morgan fingerprint density at radius 1 is 1.00 bits per heavy atom. The first-order valence-corrected chi connectivity index (χ1v) is 10.6. The van der Waals surface area contributed by atoms with Gasteiger partial charge in [-0.05, 0) is 48.0 Å². The van der Waals surface area contributed by atoms with Crippen LogP contribution in [0.3, 0.4) is 0 Å². The van der Waals surface area contributed by atoms with Gasteiger partial charge in [0, 0.05) is 10.6 Å². The highest BCUT2D eigenvalue weighted by Crippen LogP contribution is 2.30. The van der Waals surface area contributed by atoms with E-state index in [9.17, 15) is 22.0 Å². The van der Waals surface area contributed by atoms with Crippen molar-refractivity contribution in [2.24, 2.45) is 0 Å². The Bertz CT molecular complexity index is 1140. The van der Waals surface area contributed by atoms with Crippen molar-refractivity contribution >= 4 is 27.5 Å². The van der Waals surface area contributed by atoms with Crippen LogP contribution in [0.2, 0.25) is 5.02 Å². The van der Waals surface area contributed by atoms with E-state index >= 15 is 0 Å². The minimum Gasteiger partial charge on any atom is -0.445 e. The molecular formula is C21H16ClF2NO4S. The first-order chi connectivity index (χ1) is 14.3. The van der Waals surface area contributed by atoms with Crippen LogP contribution in [0.4, 0.5) is 13.6 Å². The molecule has 0 aliphatic carbocycles. The van der Waals surface area contributed by atoms with Gasteiger partial charge in [-0.1, -0.05) is 41.9 Å². The number of carbonyl (C=O) groups is 1. The first kappa shape index (κ1) is 21.7. The lowest BCUT2D eigenvalue weighted by atomic mass is 10.2. The second-order valence-electron chi connectivity index (χ2n) is 6.25. The monoisotopic (exact) mass is 451 g/mol. The fourth-order valence-corrected chi connectivity index (χ4v) is 4.35. The second kappa shape index (κ2) is 9.23. The van der Waals surface area contributed by atoms with E-state index in [1.807, 2.05) is 0 Å². The van der Waals surface area contributed by atoms with Gasteiger partial charge in [-0.15, -0.1) is 0 Å². The number of rotatable bonds is 6. The predicted octanol–water partition coefficient (Wildman–Crippen LogP) is 5.02. The third-order valence-corrected chi connectivity index (χ3v) is 6.33. The van der Waals surface area contributed by atoms with E-state index in [0.717, 1.165) is 12.1 Å². The van der Waals surface area contributed by atoms with Gasteiger partial charge in [-0.3, -0.25) is 0 Å². The zero-order valence-corrected chi connectivity index (χ0v) is 17.0. The molecule has 0 aliphatic heterocycles. The number of halogens is 3. The molecule has 0 fully saturated rings. The molecule has 1 atom stereocenters. The summed E-state index contributed by atoms with van der Waals surface area (Å²) in [6.07, 6.45) is -1.11. The van der Waals surface area contributed by atoms with E-state index in [4.69, 9.17) is 16.3 Å². The Morgan fingerprint density at radius 2 is 1.67 bits per heavy atom. The van der Waals surface area contributed by atoms with E-state index in [2.05, 4.69) is 5.32 Å². The molecule has 0 aromatic heterocycles. The summed E-state index contributed by atoms with van der Waals surface area (Å²) in [4.78, 5) is 12.1. The summed E-state index contributed by atoms with van der Waals surface area (Å²) in [5.74, 6) is -1.86. The van der Waals surface area contributed by atoms with Gasteiger partial charge >= 0.3 is 6.09 Å². The van der Waals surface area contributed by atoms with Crippen molar-refractivity contribution in [2.75, 3.05) is 0 Å². The highest BCUT2D eigenvalue weighted by molar-refractivity contribution is 7.91. The predicted molar refractivity (Wildman–Crippen MR) is 107 cm³/mol. The minimum absolute atomic E-state index is 0.133. The molecule has 30 heavy (non-hydrogen) atoms. The fourth-order valence-electron chi connectivity index (χ4n) is 2.67. The fraction of sp³-hybridized carbons (Fsp3) is 0.0952. The Labute approximate surface area is 177 Å². The van der Waals surface area contributed by atoms with Crippen LogP contribution in [0.15, 0.2) is 77.7 Å². The number of ether oxygens (including phenoxy) is 1. The van der Waals surface area contributed by atoms with Gasteiger partial charge in [0.15, 0.2) is 5.37 Å². The molecule has 0 bridgehead atoms.